The van der Waals surface area contributed by atoms with Gasteiger partial charge >= 0.3 is 39.5 Å². The Kier molecular flexibility index (Phi) is 72.3. The molecule has 0 amide bonds. The molecule has 17 nitrogen and oxygen atoms in total. The van der Waals surface area contributed by atoms with Crippen molar-refractivity contribution in [1.82, 2.24) is 0 Å². The maximum atomic E-state index is 13.1. The van der Waals surface area contributed by atoms with Gasteiger partial charge in [-0.15, -0.1) is 0 Å². The molecular weight excluding hydrogens is 1330 g/mol. The van der Waals surface area contributed by atoms with E-state index < -0.39 is 97.5 Å². The van der Waals surface area contributed by atoms with Gasteiger partial charge in [0.25, 0.3) is 0 Å². The molecule has 0 heterocycles. The first-order valence-electron chi connectivity index (χ1n) is 40.5. The van der Waals surface area contributed by atoms with Gasteiger partial charge in [-0.05, 0) is 103 Å². The molecule has 0 aliphatic rings. The van der Waals surface area contributed by atoms with Crippen LogP contribution in [0.4, 0.5) is 0 Å². The number of esters is 4. The molecule has 19 heteroatoms. The van der Waals surface area contributed by atoms with Crippen molar-refractivity contribution in [3.63, 3.8) is 0 Å². The lowest BCUT2D eigenvalue weighted by Crippen LogP contribution is -2.30. The summed E-state index contributed by atoms with van der Waals surface area (Å²) < 4.78 is 68.6. The Hall–Kier alpha value is -4.02. The van der Waals surface area contributed by atoms with Crippen molar-refractivity contribution < 1.29 is 80.2 Å². The van der Waals surface area contributed by atoms with Crippen LogP contribution in [0.25, 0.3) is 0 Å². The lowest BCUT2D eigenvalue weighted by Gasteiger charge is -2.21. The van der Waals surface area contributed by atoms with Crippen molar-refractivity contribution in [3.8, 4) is 0 Å². The normalized spacial score (nSPS) is 14.4. The molecule has 0 saturated heterocycles. The van der Waals surface area contributed by atoms with Gasteiger partial charge in [0.05, 0.1) is 26.4 Å². The van der Waals surface area contributed by atoms with Crippen LogP contribution in [0.2, 0.25) is 0 Å². The number of hydrogen-bond acceptors (Lipinski definition) is 15. The van der Waals surface area contributed by atoms with Crippen molar-refractivity contribution in [1.29, 1.82) is 0 Å². The predicted molar refractivity (Wildman–Crippen MR) is 418 cm³/mol. The Bertz CT molecular complexity index is 2310. The van der Waals surface area contributed by atoms with E-state index in [-0.39, 0.29) is 25.7 Å². The maximum Gasteiger partial charge on any atom is 0.472 e. The summed E-state index contributed by atoms with van der Waals surface area (Å²) in [5.74, 6) is -2.19. The molecule has 0 aromatic heterocycles. The Morgan fingerprint density at radius 2 is 0.510 bits per heavy atom. The predicted octanol–water partition coefficient (Wildman–Crippen LogP) is 23.6. The first-order valence-corrected chi connectivity index (χ1v) is 43.5. The van der Waals surface area contributed by atoms with Gasteiger partial charge in [0.15, 0.2) is 12.2 Å². The molecule has 0 aromatic rings. The van der Waals surface area contributed by atoms with E-state index >= 15 is 0 Å². The van der Waals surface area contributed by atoms with E-state index in [4.69, 9.17) is 37.0 Å². The van der Waals surface area contributed by atoms with Gasteiger partial charge < -0.3 is 33.8 Å². The molecule has 102 heavy (non-hydrogen) atoms. The molecule has 0 aliphatic carbocycles. The number of hydrogen-bond donors (Lipinski definition) is 3. The zero-order valence-electron chi connectivity index (χ0n) is 64.5. The second-order valence-electron chi connectivity index (χ2n) is 27.0. The lowest BCUT2D eigenvalue weighted by molar-refractivity contribution is -0.161. The minimum atomic E-state index is -4.98. The van der Waals surface area contributed by atoms with Crippen molar-refractivity contribution in [2.45, 2.75) is 367 Å². The molecule has 3 N–H and O–H groups in total. The number of carbonyl (C=O) groups is 4. The van der Waals surface area contributed by atoms with Gasteiger partial charge in [-0.3, -0.25) is 37.3 Å². The van der Waals surface area contributed by atoms with Crippen LogP contribution in [0.1, 0.15) is 349 Å². The zero-order chi connectivity index (χ0) is 74.6. The SMILES string of the molecule is CC/C=C\C/C=C\C/C=C\C/C=C\CCCCCCCCC(=O)OCC(COP(=O)(O)OCC(O)COP(=O)(O)OCC(COC(=O)CCCCCC/C=C\C/C=C\C/C=C\C/C=C\CC)OC(=O)CCCCCCCCCCCCCCCCC)OC(=O)CCCCCCCCCCCCC. The molecule has 5 unspecified atom stereocenters. The summed E-state index contributed by atoms with van der Waals surface area (Å²) in [5, 5.41) is 10.6. The fourth-order valence-corrected chi connectivity index (χ4v) is 12.5. The summed E-state index contributed by atoms with van der Waals surface area (Å²) in [5.41, 5.74) is 0. The number of phosphoric ester groups is 2. The highest BCUT2D eigenvalue weighted by molar-refractivity contribution is 7.47. The molecule has 0 spiro atoms. The average Bonchev–Trinajstić information content (AvgIpc) is 0.926. The van der Waals surface area contributed by atoms with Crippen LogP contribution in [0.15, 0.2) is 97.2 Å². The fraction of sp³-hybridized carbons (Fsp3) is 0.759. The topological polar surface area (TPSA) is 237 Å². The van der Waals surface area contributed by atoms with Gasteiger partial charge in [-0.1, -0.05) is 318 Å². The first-order chi connectivity index (χ1) is 49.7. The maximum absolute atomic E-state index is 13.1. The van der Waals surface area contributed by atoms with E-state index in [0.29, 0.717) is 25.7 Å². The number of aliphatic hydroxyl groups excluding tert-OH is 1. The first kappa shape index (κ1) is 98.0. The van der Waals surface area contributed by atoms with Crippen molar-refractivity contribution in [2.24, 2.45) is 0 Å². The van der Waals surface area contributed by atoms with Gasteiger partial charge in [0.1, 0.15) is 19.3 Å². The lowest BCUT2D eigenvalue weighted by atomic mass is 10.0. The highest BCUT2D eigenvalue weighted by atomic mass is 31.2. The average molecular weight is 1480 g/mol. The Labute approximate surface area is 620 Å². The summed E-state index contributed by atoms with van der Waals surface area (Å²) in [6.45, 7) is 4.65. The Morgan fingerprint density at radius 1 is 0.284 bits per heavy atom. The minimum Gasteiger partial charge on any atom is -0.462 e. The molecule has 0 fully saturated rings. The zero-order valence-corrected chi connectivity index (χ0v) is 66.3. The molecule has 0 aromatic carbocycles. The van der Waals surface area contributed by atoms with Gasteiger partial charge in [-0.2, -0.15) is 0 Å². The monoisotopic (exact) mass is 1480 g/mol. The van der Waals surface area contributed by atoms with Gasteiger partial charge in [0, 0.05) is 25.7 Å². The number of rotatable bonds is 76. The summed E-state index contributed by atoms with van der Waals surface area (Å²) in [6.07, 6.45) is 79.5. The summed E-state index contributed by atoms with van der Waals surface area (Å²) in [7, 11) is -9.95. The third-order valence-electron chi connectivity index (χ3n) is 17.1. The summed E-state index contributed by atoms with van der Waals surface area (Å²) in [6, 6.07) is 0. The largest absolute Gasteiger partial charge is 0.472 e. The number of carbonyl (C=O) groups excluding carboxylic acids is 4. The Balaban J connectivity index is 5.32. The van der Waals surface area contributed by atoms with Crippen LogP contribution in [0.5, 0.6) is 0 Å². The number of unbranched alkanes of at least 4 members (excludes halogenated alkanes) is 34. The summed E-state index contributed by atoms with van der Waals surface area (Å²) in [4.78, 5) is 73.0. The van der Waals surface area contributed by atoms with Crippen LogP contribution in [0, 0.1) is 0 Å². The van der Waals surface area contributed by atoms with Crippen molar-refractivity contribution >= 4 is 39.5 Å². The highest BCUT2D eigenvalue weighted by Crippen LogP contribution is 2.45. The van der Waals surface area contributed by atoms with Crippen LogP contribution in [-0.4, -0.2) is 96.7 Å². The van der Waals surface area contributed by atoms with Crippen LogP contribution < -0.4 is 0 Å². The van der Waals surface area contributed by atoms with Crippen molar-refractivity contribution in [3.05, 3.63) is 97.2 Å². The van der Waals surface area contributed by atoms with E-state index in [1.165, 1.54) is 103 Å². The molecule has 590 valence electrons. The van der Waals surface area contributed by atoms with Crippen LogP contribution in [-0.2, 0) is 65.4 Å². The molecule has 0 rings (SSSR count). The van der Waals surface area contributed by atoms with E-state index in [1.807, 2.05) is 0 Å². The number of phosphoric acid groups is 2. The molecule has 5 atom stereocenters. The van der Waals surface area contributed by atoms with Crippen LogP contribution in [0.3, 0.4) is 0 Å². The fourth-order valence-electron chi connectivity index (χ4n) is 11.0. The van der Waals surface area contributed by atoms with Gasteiger partial charge in [0.2, 0.25) is 0 Å². The molecule has 0 radical (unpaired) electrons. The molecule has 0 aliphatic heterocycles. The van der Waals surface area contributed by atoms with E-state index in [1.54, 1.807) is 0 Å². The second kappa shape index (κ2) is 75.2. The number of aliphatic hydroxyl groups is 1. The van der Waals surface area contributed by atoms with E-state index in [9.17, 15) is 43.2 Å². The summed E-state index contributed by atoms with van der Waals surface area (Å²) >= 11 is 0. The number of ether oxygens (including phenoxy) is 4. The minimum absolute atomic E-state index is 0.0934. The number of allylic oxidation sites excluding steroid dienone is 16. The third kappa shape index (κ3) is 74.3. The molecular formula is C83H146O17P2. The third-order valence-corrected chi connectivity index (χ3v) is 19.0. The highest BCUT2D eigenvalue weighted by Gasteiger charge is 2.30. The standard InChI is InChI=1S/C83H146O17P2/c1-5-9-13-17-21-25-29-32-35-37-38-40-43-45-49-52-56-60-64-68-80(85)93-73-78(99-82(87)69-65-61-57-53-47-28-24-20-16-12-8-4)75-97-101(89,90)95-71-77(84)72-96-102(91,92)98-76-79(100-83(88)70-66-62-58-54-50-46-41-34-31-27-23-19-15-11-7-3)74-94-81(86)67-63-59-55-51-48-44-42-39-36-33-30-26-22-18-14-10-6-2/h9-10,13-14,21-22,25-26,32-33,35-36,38,40,42,44,77-79,84H,5-8,11-12,15-20,23-24,27-31,34,37,39,41,43,45-76H2,1-4H3,(H,89,90)(H,91,92)/b13-9-,14-10-,25-21-,26-22-,35-32-,36-33-,40-38-,44-42-. The Morgan fingerprint density at radius 3 is 0.784 bits per heavy atom. The smallest absolute Gasteiger partial charge is 0.462 e. The molecule has 0 bridgehead atoms. The van der Waals surface area contributed by atoms with Crippen molar-refractivity contribution in [2.75, 3.05) is 39.6 Å². The quantitative estimate of drug-likeness (QED) is 0.0169. The van der Waals surface area contributed by atoms with Crippen LogP contribution >= 0.6 is 15.6 Å². The van der Waals surface area contributed by atoms with E-state index in [2.05, 4.69) is 125 Å². The second-order valence-corrected chi connectivity index (χ2v) is 29.9. The van der Waals surface area contributed by atoms with Gasteiger partial charge in [-0.25, -0.2) is 9.13 Å². The molecule has 0 saturated carbocycles. The van der Waals surface area contributed by atoms with E-state index in [0.717, 1.165) is 167 Å².